The van der Waals surface area contributed by atoms with Crippen LogP contribution in [0, 0.1) is 5.92 Å². The van der Waals surface area contributed by atoms with Crippen molar-refractivity contribution in [2.45, 2.75) is 64.0 Å². The van der Waals surface area contributed by atoms with Crippen molar-refractivity contribution in [2.75, 3.05) is 44.3 Å². The number of morpholine rings is 1. The quantitative estimate of drug-likeness (QED) is 0.439. The summed E-state index contributed by atoms with van der Waals surface area (Å²) < 4.78 is 41.5. The van der Waals surface area contributed by atoms with Gasteiger partial charge in [0.05, 0.1) is 24.2 Å². The van der Waals surface area contributed by atoms with Gasteiger partial charge >= 0.3 is 0 Å². The summed E-state index contributed by atoms with van der Waals surface area (Å²) in [5.74, 6) is 0.597. The molecule has 0 bridgehead atoms. The van der Waals surface area contributed by atoms with E-state index >= 15 is 0 Å². The van der Waals surface area contributed by atoms with Gasteiger partial charge in [-0.3, -0.25) is 14.2 Å². The molecule has 11 nitrogen and oxygen atoms in total. The lowest BCUT2D eigenvalue weighted by molar-refractivity contribution is -0.130. The lowest BCUT2D eigenvalue weighted by atomic mass is 9.86. The van der Waals surface area contributed by atoms with Crippen molar-refractivity contribution >= 4 is 28.8 Å². The fourth-order valence-electron chi connectivity index (χ4n) is 6.18. The Morgan fingerprint density at radius 3 is 2.40 bits per heavy atom. The van der Waals surface area contributed by atoms with Crippen molar-refractivity contribution in [2.24, 2.45) is 5.92 Å². The minimum absolute atomic E-state index is 0.0603. The number of carbonyl (C=O) groups excluding carboxylic acids is 2. The van der Waals surface area contributed by atoms with Gasteiger partial charge in [0.15, 0.2) is 5.82 Å². The predicted octanol–water partition coefficient (Wildman–Crippen LogP) is 3.65. The molecule has 6 rings (SSSR count). The molecule has 0 spiro atoms. The predicted molar refractivity (Wildman–Crippen MR) is 154 cm³/mol. The van der Waals surface area contributed by atoms with Crippen LogP contribution in [0.25, 0.3) is 16.9 Å². The van der Waals surface area contributed by atoms with Crippen LogP contribution < -0.4 is 15.0 Å². The van der Waals surface area contributed by atoms with Gasteiger partial charge in [0.2, 0.25) is 23.6 Å². The third-order valence-electron chi connectivity index (χ3n) is 8.60. The van der Waals surface area contributed by atoms with Crippen LogP contribution in [0.3, 0.4) is 0 Å². The largest absolute Gasteiger partial charge is 0.474 e. The molecule has 230 valence electrons. The average molecular weight is 598 g/mol. The van der Waals surface area contributed by atoms with E-state index in [2.05, 4.69) is 20.3 Å². The zero-order valence-corrected chi connectivity index (χ0v) is 24.3. The summed E-state index contributed by atoms with van der Waals surface area (Å²) in [5, 5.41) is 3.18. The molecular weight excluding hydrogens is 560 g/mol. The van der Waals surface area contributed by atoms with Crippen molar-refractivity contribution in [3.63, 3.8) is 0 Å². The van der Waals surface area contributed by atoms with E-state index in [0.29, 0.717) is 87.9 Å². The molecule has 13 heteroatoms. The van der Waals surface area contributed by atoms with Crippen LogP contribution in [-0.4, -0.2) is 87.8 Å². The molecule has 3 aliphatic rings. The number of carbonyl (C=O) groups is 2. The highest BCUT2D eigenvalue weighted by atomic mass is 19.3. The number of amides is 2. The van der Waals surface area contributed by atoms with Gasteiger partial charge in [-0.25, -0.2) is 13.8 Å². The minimum atomic E-state index is -2.80. The molecule has 2 amide bonds. The summed E-state index contributed by atoms with van der Waals surface area (Å²) in [6.45, 7) is 5.09. The van der Waals surface area contributed by atoms with Gasteiger partial charge in [-0.15, -0.1) is 0 Å². The third kappa shape index (κ3) is 6.56. The summed E-state index contributed by atoms with van der Waals surface area (Å²) >= 11 is 0. The molecule has 1 saturated carbocycles. The van der Waals surface area contributed by atoms with Crippen molar-refractivity contribution in [3.8, 4) is 11.7 Å². The highest BCUT2D eigenvalue weighted by Gasteiger charge is 2.31. The van der Waals surface area contributed by atoms with Gasteiger partial charge in [0, 0.05) is 51.1 Å². The highest BCUT2D eigenvalue weighted by molar-refractivity contribution is 5.79. The topological polar surface area (TPSA) is 115 Å². The van der Waals surface area contributed by atoms with Crippen LogP contribution in [0.2, 0.25) is 0 Å². The van der Waals surface area contributed by atoms with Crippen LogP contribution in [0.4, 0.5) is 14.7 Å². The minimum Gasteiger partial charge on any atom is -0.474 e. The number of ether oxygens (including phenoxy) is 2. The molecule has 1 aliphatic carbocycles. The summed E-state index contributed by atoms with van der Waals surface area (Å²) in [5.41, 5.74) is 0.974. The second kappa shape index (κ2) is 12.8. The average Bonchev–Trinajstić information content (AvgIpc) is 3.42. The van der Waals surface area contributed by atoms with Crippen LogP contribution in [-0.2, 0) is 14.3 Å². The number of para-hydroxylation sites is 2. The van der Waals surface area contributed by atoms with Gasteiger partial charge in [0.1, 0.15) is 11.9 Å². The van der Waals surface area contributed by atoms with E-state index in [-0.39, 0.29) is 35.7 Å². The summed E-state index contributed by atoms with van der Waals surface area (Å²) in [6, 6.07) is 8.66. The highest BCUT2D eigenvalue weighted by Crippen LogP contribution is 2.32. The molecule has 1 aromatic carbocycles. The molecule has 2 saturated heterocycles. The molecule has 2 aromatic heterocycles. The van der Waals surface area contributed by atoms with Crippen LogP contribution in [0.15, 0.2) is 30.3 Å². The zero-order chi connectivity index (χ0) is 29.9. The number of piperidine rings is 1. The maximum Gasteiger partial charge on any atom is 0.296 e. The van der Waals surface area contributed by atoms with Gasteiger partial charge in [-0.05, 0) is 50.7 Å². The van der Waals surface area contributed by atoms with E-state index in [1.165, 1.54) is 4.57 Å². The van der Waals surface area contributed by atoms with Gasteiger partial charge in [-0.2, -0.15) is 9.97 Å². The number of aromatic nitrogens is 4. The normalized spacial score (nSPS) is 21.8. The number of rotatable bonds is 7. The Hall–Kier alpha value is -3.87. The van der Waals surface area contributed by atoms with Crippen molar-refractivity contribution < 1.29 is 27.8 Å². The monoisotopic (exact) mass is 597 g/mol. The summed E-state index contributed by atoms with van der Waals surface area (Å²) in [4.78, 5) is 41.9. The van der Waals surface area contributed by atoms with E-state index in [1.54, 1.807) is 37.3 Å². The number of hydrogen-bond acceptors (Lipinski definition) is 8. The van der Waals surface area contributed by atoms with Crippen LogP contribution in [0.1, 0.15) is 57.7 Å². The number of fused-ring (bicyclic) bond motifs is 1. The molecule has 43 heavy (non-hydrogen) atoms. The number of anilines is 1. The Kier molecular flexibility index (Phi) is 8.68. The van der Waals surface area contributed by atoms with E-state index in [0.717, 1.165) is 12.8 Å². The van der Waals surface area contributed by atoms with E-state index in [1.807, 2.05) is 9.80 Å². The zero-order valence-electron chi connectivity index (χ0n) is 24.3. The van der Waals surface area contributed by atoms with Gasteiger partial charge in [-0.1, -0.05) is 12.1 Å². The number of hydrogen-bond donors (Lipinski definition) is 1. The molecule has 0 radical (unpaired) electrons. The van der Waals surface area contributed by atoms with Crippen LogP contribution in [0.5, 0.6) is 5.88 Å². The Balaban J connectivity index is 1.17. The molecule has 1 N–H and O–H groups in total. The number of nitrogens with one attached hydrogen (secondary N) is 1. The van der Waals surface area contributed by atoms with Crippen molar-refractivity contribution in [1.82, 2.24) is 29.7 Å². The first-order valence-corrected chi connectivity index (χ1v) is 15.1. The number of nitrogens with zero attached hydrogens (tertiary/aromatic N) is 6. The number of likely N-dealkylation sites (tertiary alicyclic amines) is 1. The second-order valence-electron chi connectivity index (χ2n) is 11.4. The lowest BCUT2D eigenvalue weighted by Crippen LogP contribution is -2.48. The SMILES string of the molecule is CC(=O)N1CCC(NC(=O)[C@H]2CC[C@H](Oc3cc(-n4c(C(F)F)nc5ccccc54)nc(N4CCOCC4)n3)CC2)CC1. The standard InChI is InChI=1S/C30H37F2N7O4/c1-19(40)37-12-10-21(11-13-37)33-29(41)20-6-8-22(9-7-20)43-26-18-25(35-30(36-26)38-14-16-42-17-15-38)39-24-5-3-2-4-23(24)34-28(39)27(31)32/h2-5,18,20-22,27H,6-17H2,1H3,(H,33,41)/t20-,22-. The molecule has 0 unspecified atom stereocenters. The molecule has 0 atom stereocenters. The number of imidazole rings is 1. The Bertz CT molecular complexity index is 1450. The van der Waals surface area contributed by atoms with Crippen molar-refractivity contribution in [3.05, 3.63) is 36.2 Å². The maximum atomic E-state index is 14.1. The smallest absolute Gasteiger partial charge is 0.296 e. The Labute approximate surface area is 248 Å². The first-order valence-electron chi connectivity index (χ1n) is 15.1. The molecule has 3 fully saturated rings. The Morgan fingerprint density at radius 2 is 1.70 bits per heavy atom. The molecular formula is C30H37F2N7O4. The van der Waals surface area contributed by atoms with E-state index in [4.69, 9.17) is 9.47 Å². The third-order valence-corrected chi connectivity index (χ3v) is 8.60. The molecule has 2 aliphatic heterocycles. The van der Waals surface area contributed by atoms with E-state index < -0.39 is 12.2 Å². The lowest BCUT2D eigenvalue weighted by Gasteiger charge is -2.33. The summed E-state index contributed by atoms with van der Waals surface area (Å²) in [7, 11) is 0. The molecule has 3 aromatic rings. The fraction of sp³-hybridized carbons (Fsp3) is 0.567. The Morgan fingerprint density at radius 1 is 0.977 bits per heavy atom. The maximum absolute atomic E-state index is 14.1. The van der Waals surface area contributed by atoms with E-state index in [9.17, 15) is 18.4 Å². The fourth-order valence-corrected chi connectivity index (χ4v) is 6.18. The summed E-state index contributed by atoms with van der Waals surface area (Å²) in [6.07, 6.45) is 1.26. The number of benzene rings is 1. The number of halogens is 2. The number of alkyl halides is 2. The van der Waals surface area contributed by atoms with Gasteiger partial charge in [0.25, 0.3) is 6.43 Å². The van der Waals surface area contributed by atoms with Crippen molar-refractivity contribution in [1.29, 1.82) is 0 Å². The second-order valence-corrected chi connectivity index (χ2v) is 11.4. The van der Waals surface area contributed by atoms with Crippen LogP contribution >= 0.6 is 0 Å². The first-order chi connectivity index (χ1) is 20.9. The molecule has 4 heterocycles. The van der Waals surface area contributed by atoms with Gasteiger partial charge < -0.3 is 24.6 Å². The first kappa shape index (κ1) is 29.2.